The third-order valence-corrected chi connectivity index (χ3v) is 4.21. The Morgan fingerprint density at radius 2 is 1.86 bits per heavy atom. The van der Waals surface area contributed by atoms with Crippen LogP contribution < -0.4 is 14.8 Å². The van der Waals surface area contributed by atoms with Crippen molar-refractivity contribution in [2.24, 2.45) is 0 Å². The number of nitrogens with one attached hydrogen (secondary N) is 1. The highest BCUT2D eigenvalue weighted by Crippen LogP contribution is 2.36. The molecular formula is C18H21NO3. The normalized spacial score (nSPS) is 18.4. The fourth-order valence-electron chi connectivity index (χ4n) is 3.05. The van der Waals surface area contributed by atoms with Gasteiger partial charge in [0.05, 0.1) is 26.4 Å². The molecule has 1 heterocycles. The van der Waals surface area contributed by atoms with E-state index < -0.39 is 6.10 Å². The van der Waals surface area contributed by atoms with Crippen molar-refractivity contribution >= 4 is 0 Å². The molecule has 4 nitrogen and oxygen atoms in total. The topological polar surface area (TPSA) is 50.7 Å². The van der Waals surface area contributed by atoms with Crippen LogP contribution in [0.2, 0.25) is 0 Å². The second kappa shape index (κ2) is 6.38. The number of hydrogen-bond donors (Lipinski definition) is 2. The van der Waals surface area contributed by atoms with Gasteiger partial charge in [-0.15, -0.1) is 0 Å². The zero-order chi connectivity index (χ0) is 15.5. The highest BCUT2D eigenvalue weighted by molar-refractivity contribution is 5.44. The van der Waals surface area contributed by atoms with Gasteiger partial charge in [-0.05, 0) is 41.8 Å². The van der Waals surface area contributed by atoms with Gasteiger partial charge in [0.15, 0.2) is 11.5 Å². The molecule has 0 radical (unpaired) electrons. The minimum Gasteiger partial charge on any atom is -0.493 e. The zero-order valence-corrected chi connectivity index (χ0v) is 12.9. The summed E-state index contributed by atoms with van der Waals surface area (Å²) in [4.78, 5) is 0. The average molecular weight is 299 g/mol. The predicted molar refractivity (Wildman–Crippen MR) is 85.4 cm³/mol. The molecule has 3 rings (SSSR count). The number of rotatable bonds is 4. The molecule has 0 bridgehead atoms. The van der Waals surface area contributed by atoms with Gasteiger partial charge in [0.2, 0.25) is 0 Å². The monoisotopic (exact) mass is 299 g/mol. The second-order valence-electron chi connectivity index (χ2n) is 5.44. The van der Waals surface area contributed by atoms with Crippen molar-refractivity contribution in [3.8, 4) is 11.5 Å². The van der Waals surface area contributed by atoms with E-state index >= 15 is 0 Å². The Bertz CT molecular complexity index is 657. The highest BCUT2D eigenvalue weighted by Gasteiger charge is 2.27. The van der Waals surface area contributed by atoms with Crippen LogP contribution in [0.3, 0.4) is 0 Å². The van der Waals surface area contributed by atoms with Crippen molar-refractivity contribution in [3.05, 3.63) is 59.2 Å². The van der Waals surface area contributed by atoms with Crippen molar-refractivity contribution in [3.63, 3.8) is 0 Å². The van der Waals surface area contributed by atoms with E-state index in [4.69, 9.17) is 9.47 Å². The predicted octanol–water partition coefficient (Wildman–Crippen LogP) is 2.62. The third-order valence-electron chi connectivity index (χ3n) is 4.21. The summed E-state index contributed by atoms with van der Waals surface area (Å²) < 4.78 is 10.6. The molecule has 0 saturated carbocycles. The van der Waals surface area contributed by atoms with Crippen LogP contribution in [0.15, 0.2) is 42.5 Å². The SMILES string of the molecule is COc1ccc(C(O)C2NCCc3ccccc32)cc1OC. The molecule has 22 heavy (non-hydrogen) atoms. The number of methoxy groups -OCH3 is 2. The summed E-state index contributed by atoms with van der Waals surface area (Å²) in [6.45, 7) is 0.867. The number of fused-ring (bicyclic) bond motifs is 1. The summed E-state index contributed by atoms with van der Waals surface area (Å²) in [5.41, 5.74) is 3.27. The van der Waals surface area contributed by atoms with Crippen LogP contribution >= 0.6 is 0 Å². The van der Waals surface area contributed by atoms with Crippen LogP contribution in [-0.4, -0.2) is 25.9 Å². The van der Waals surface area contributed by atoms with Crippen LogP contribution in [0.25, 0.3) is 0 Å². The Morgan fingerprint density at radius 1 is 1.09 bits per heavy atom. The molecular weight excluding hydrogens is 278 g/mol. The van der Waals surface area contributed by atoms with E-state index in [1.165, 1.54) is 5.56 Å². The van der Waals surface area contributed by atoms with Crippen LogP contribution in [-0.2, 0) is 6.42 Å². The standard InChI is InChI=1S/C18H21NO3/c1-21-15-8-7-13(11-16(15)22-2)18(20)17-14-6-4-3-5-12(14)9-10-19-17/h3-8,11,17-20H,9-10H2,1-2H3. The Hall–Kier alpha value is -2.04. The van der Waals surface area contributed by atoms with E-state index in [1.54, 1.807) is 14.2 Å². The summed E-state index contributed by atoms with van der Waals surface area (Å²) in [5, 5.41) is 14.2. The molecule has 2 unspecified atom stereocenters. The molecule has 4 heteroatoms. The Labute approximate surface area is 130 Å². The van der Waals surface area contributed by atoms with Gasteiger partial charge in [0.1, 0.15) is 0 Å². The van der Waals surface area contributed by atoms with Crippen molar-refractivity contribution in [2.45, 2.75) is 18.6 Å². The molecule has 0 spiro atoms. The lowest BCUT2D eigenvalue weighted by atomic mass is 9.88. The lowest BCUT2D eigenvalue weighted by Gasteiger charge is -2.31. The van der Waals surface area contributed by atoms with Crippen molar-refractivity contribution in [1.29, 1.82) is 0 Å². The fraction of sp³-hybridized carbons (Fsp3) is 0.333. The first-order valence-corrected chi connectivity index (χ1v) is 7.45. The summed E-state index contributed by atoms with van der Waals surface area (Å²) >= 11 is 0. The van der Waals surface area contributed by atoms with E-state index in [1.807, 2.05) is 30.3 Å². The number of benzene rings is 2. The second-order valence-corrected chi connectivity index (χ2v) is 5.44. The van der Waals surface area contributed by atoms with Gasteiger partial charge in [0.25, 0.3) is 0 Å². The summed E-state index contributed by atoms with van der Waals surface area (Å²) in [5.74, 6) is 1.29. The first-order chi connectivity index (χ1) is 10.7. The van der Waals surface area contributed by atoms with Gasteiger partial charge in [-0.3, -0.25) is 0 Å². The molecule has 0 aliphatic carbocycles. The first-order valence-electron chi connectivity index (χ1n) is 7.45. The largest absolute Gasteiger partial charge is 0.493 e. The van der Waals surface area contributed by atoms with Crippen LogP contribution in [0.4, 0.5) is 0 Å². The molecule has 0 aromatic heterocycles. The van der Waals surface area contributed by atoms with Gasteiger partial charge < -0.3 is 19.9 Å². The first kappa shape index (κ1) is 14.9. The van der Waals surface area contributed by atoms with Crippen molar-refractivity contribution in [1.82, 2.24) is 5.32 Å². The van der Waals surface area contributed by atoms with E-state index in [2.05, 4.69) is 17.4 Å². The maximum Gasteiger partial charge on any atom is 0.161 e. The van der Waals surface area contributed by atoms with Crippen molar-refractivity contribution in [2.75, 3.05) is 20.8 Å². The van der Waals surface area contributed by atoms with E-state index in [9.17, 15) is 5.11 Å². The van der Waals surface area contributed by atoms with E-state index in [0.717, 1.165) is 24.1 Å². The van der Waals surface area contributed by atoms with E-state index in [-0.39, 0.29) is 6.04 Å². The minimum absolute atomic E-state index is 0.108. The maximum absolute atomic E-state index is 10.8. The molecule has 2 N–H and O–H groups in total. The molecule has 2 aromatic rings. The smallest absolute Gasteiger partial charge is 0.161 e. The van der Waals surface area contributed by atoms with Crippen molar-refractivity contribution < 1.29 is 14.6 Å². The minimum atomic E-state index is -0.638. The number of aliphatic hydroxyl groups excluding tert-OH is 1. The zero-order valence-electron chi connectivity index (χ0n) is 12.9. The molecule has 2 atom stereocenters. The third kappa shape index (κ3) is 2.67. The van der Waals surface area contributed by atoms with Gasteiger partial charge in [-0.25, -0.2) is 0 Å². The number of aliphatic hydroxyl groups is 1. The van der Waals surface area contributed by atoms with E-state index in [0.29, 0.717) is 11.5 Å². The Kier molecular flexibility index (Phi) is 4.32. The lowest BCUT2D eigenvalue weighted by Crippen LogP contribution is -2.33. The van der Waals surface area contributed by atoms with Gasteiger partial charge in [-0.1, -0.05) is 30.3 Å². The Balaban J connectivity index is 1.93. The van der Waals surface area contributed by atoms with Gasteiger partial charge in [0, 0.05) is 0 Å². The van der Waals surface area contributed by atoms with Gasteiger partial charge >= 0.3 is 0 Å². The summed E-state index contributed by atoms with van der Waals surface area (Å²) in [6.07, 6.45) is 0.354. The quantitative estimate of drug-likeness (QED) is 0.911. The summed E-state index contributed by atoms with van der Waals surface area (Å²) in [7, 11) is 3.20. The number of hydrogen-bond acceptors (Lipinski definition) is 4. The van der Waals surface area contributed by atoms with Crippen LogP contribution in [0.1, 0.15) is 28.8 Å². The molecule has 0 fully saturated rings. The average Bonchev–Trinajstić information content (AvgIpc) is 2.60. The highest BCUT2D eigenvalue weighted by atomic mass is 16.5. The van der Waals surface area contributed by atoms with Crippen LogP contribution in [0.5, 0.6) is 11.5 Å². The molecule has 0 amide bonds. The molecule has 2 aromatic carbocycles. The van der Waals surface area contributed by atoms with Gasteiger partial charge in [-0.2, -0.15) is 0 Å². The summed E-state index contributed by atoms with van der Waals surface area (Å²) in [6, 6.07) is 13.7. The maximum atomic E-state index is 10.8. The molecule has 0 saturated heterocycles. The molecule has 116 valence electrons. The fourth-order valence-corrected chi connectivity index (χ4v) is 3.05. The van der Waals surface area contributed by atoms with Crippen LogP contribution in [0, 0.1) is 0 Å². The molecule has 1 aliphatic heterocycles. The molecule has 1 aliphatic rings. The Morgan fingerprint density at radius 3 is 2.64 bits per heavy atom. The lowest BCUT2D eigenvalue weighted by molar-refractivity contribution is 0.125. The number of ether oxygens (including phenoxy) is 2.